The van der Waals surface area contributed by atoms with Crippen LogP contribution in [-0.4, -0.2) is 27.8 Å². The molecule has 0 radical (unpaired) electrons. The average molecular weight is 365 g/mol. The van der Waals surface area contributed by atoms with Crippen LogP contribution in [0.5, 0.6) is 5.75 Å². The van der Waals surface area contributed by atoms with Gasteiger partial charge in [0.25, 0.3) is 5.91 Å². The summed E-state index contributed by atoms with van der Waals surface area (Å²) < 4.78 is 7.71. The van der Waals surface area contributed by atoms with Crippen molar-refractivity contribution in [2.75, 3.05) is 17.7 Å². The molecule has 0 aliphatic carbocycles. The molecule has 3 aromatic rings. The van der Waals surface area contributed by atoms with Gasteiger partial charge in [-0.3, -0.25) is 4.79 Å². The van der Waals surface area contributed by atoms with Crippen molar-refractivity contribution in [2.45, 2.75) is 18.6 Å². The van der Waals surface area contributed by atoms with E-state index in [1.807, 2.05) is 61.7 Å². The van der Waals surface area contributed by atoms with Gasteiger partial charge in [-0.05, 0) is 25.1 Å². The van der Waals surface area contributed by atoms with Crippen LogP contribution >= 0.6 is 11.8 Å². The van der Waals surface area contributed by atoms with Crippen LogP contribution in [0.1, 0.15) is 5.56 Å². The average Bonchev–Trinajstić information content (AvgIpc) is 3.24. The zero-order chi connectivity index (χ0) is 17.9. The molecule has 4 rings (SSSR count). The molecule has 26 heavy (non-hydrogen) atoms. The van der Waals surface area contributed by atoms with Gasteiger partial charge >= 0.3 is 0 Å². The van der Waals surface area contributed by atoms with Crippen LogP contribution in [0.15, 0.2) is 59.9 Å². The van der Waals surface area contributed by atoms with Gasteiger partial charge in [0.2, 0.25) is 0 Å². The van der Waals surface area contributed by atoms with E-state index >= 15 is 0 Å². The highest BCUT2D eigenvalue weighted by Crippen LogP contribution is 2.32. The van der Waals surface area contributed by atoms with Crippen molar-refractivity contribution in [3.05, 3.63) is 60.3 Å². The Hall–Kier alpha value is -2.73. The molecule has 0 fully saturated rings. The largest absolute Gasteiger partial charge is 0.484 e. The fourth-order valence-electron chi connectivity index (χ4n) is 2.82. The molecule has 0 saturated heterocycles. The summed E-state index contributed by atoms with van der Waals surface area (Å²) in [5.74, 6) is 1.55. The Morgan fingerprint density at radius 1 is 1.23 bits per heavy atom. The molecule has 1 N–H and O–H groups in total. The van der Waals surface area contributed by atoms with E-state index in [1.165, 1.54) is 0 Å². The van der Waals surface area contributed by atoms with E-state index in [1.54, 1.807) is 11.8 Å². The van der Waals surface area contributed by atoms with E-state index in [4.69, 9.17) is 4.74 Å². The van der Waals surface area contributed by atoms with E-state index in [9.17, 15) is 4.79 Å². The zero-order valence-corrected chi connectivity index (χ0v) is 15.3. The fraction of sp³-hybridized carbons (Fsp3) is 0.200. The predicted molar refractivity (Wildman–Crippen MR) is 104 cm³/mol. The molecule has 132 valence electrons. The topological polar surface area (TPSA) is 56.1 Å². The number of benzene rings is 2. The van der Waals surface area contributed by atoms with Crippen molar-refractivity contribution in [1.82, 2.24) is 9.55 Å². The summed E-state index contributed by atoms with van der Waals surface area (Å²) >= 11 is 1.75. The van der Waals surface area contributed by atoms with Crippen LogP contribution in [0.2, 0.25) is 0 Å². The SMILES string of the molecule is Cc1ccc(OCC(=O)Nc2ccccc2-c2cn3c(n2)SCC3)cc1. The van der Waals surface area contributed by atoms with Gasteiger partial charge in [-0.15, -0.1) is 0 Å². The standard InChI is InChI=1S/C20H19N3O2S/c1-14-6-8-15(9-7-14)25-13-19(24)21-17-5-3-2-4-16(17)18-12-23-10-11-26-20(23)22-18/h2-9,12H,10-11,13H2,1H3,(H,21,24). The van der Waals surface area contributed by atoms with Crippen LogP contribution in [0.25, 0.3) is 11.3 Å². The van der Waals surface area contributed by atoms with Gasteiger partial charge in [0.1, 0.15) is 5.75 Å². The third kappa shape index (κ3) is 3.60. The smallest absolute Gasteiger partial charge is 0.262 e. The second-order valence-corrected chi connectivity index (χ2v) is 7.21. The molecule has 5 nitrogen and oxygen atoms in total. The number of hydrogen-bond acceptors (Lipinski definition) is 4. The minimum absolute atomic E-state index is 0.0348. The van der Waals surface area contributed by atoms with Gasteiger partial charge in [-0.1, -0.05) is 47.7 Å². The maximum absolute atomic E-state index is 12.3. The number of carbonyl (C=O) groups excluding carboxylic acids is 1. The second kappa shape index (κ2) is 7.25. The Kier molecular flexibility index (Phi) is 4.67. The van der Waals surface area contributed by atoms with Crippen molar-refractivity contribution in [2.24, 2.45) is 0 Å². The third-order valence-corrected chi connectivity index (χ3v) is 5.14. The number of nitrogens with one attached hydrogen (secondary N) is 1. The van der Waals surface area contributed by atoms with Gasteiger partial charge in [0.05, 0.1) is 11.4 Å². The molecule has 0 atom stereocenters. The maximum Gasteiger partial charge on any atom is 0.262 e. The van der Waals surface area contributed by atoms with Crippen LogP contribution < -0.4 is 10.1 Å². The van der Waals surface area contributed by atoms with Crippen molar-refractivity contribution >= 4 is 23.4 Å². The molecule has 2 aromatic carbocycles. The first-order chi connectivity index (χ1) is 12.7. The van der Waals surface area contributed by atoms with Crippen molar-refractivity contribution < 1.29 is 9.53 Å². The van der Waals surface area contributed by atoms with E-state index in [0.29, 0.717) is 5.75 Å². The molecule has 1 aromatic heterocycles. The first kappa shape index (κ1) is 16.7. The highest BCUT2D eigenvalue weighted by Gasteiger charge is 2.17. The summed E-state index contributed by atoms with van der Waals surface area (Å²) in [7, 11) is 0. The number of fused-ring (bicyclic) bond motifs is 1. The van der Waals surface area contributed by atoms with Crippen molar-refractivity contribution in [1.29, 1.82) is 0 Å². The van der Waals surface area contributed by atoms with Crippen molar-refractivity contribution in [3.8, 4) is 17.0 Å². The molecule has 0 bridgehead atoms. The lowest BCUT2D eigenvalue weighted by atomic mass is 10.1. The van der Waals surface area contributed by atoms with Gasteiger partial charge < -0.3 is 14.6 Å². The third-order valence-electron chi connectivity index (χ3n) is 4.17. The fourth-order valence-corrected chi connectivity index (χ4v) is 3.77. The molecule has 0 unspecified atom stereocenters. The number of amides is 1. The van der Waals surface area contributed by atoms with Gasteiger partial charge in [0, 0.05) is 24.1 Å². The summed E-state index contributed by atoms with van der Waals surface area (Å²) in [6.45, 7) is 2.95. The number of thioether (sulfide) groups is 1. The Balaban J connectivity index is 1.46. The minimum atomic E-state index is -0.195. The number of nitrogens with zero attached hydrogens (tertiary/aromatic N) is 2. The van der Waals surface area contributed by atoms with Crippen LogP contribution in [0.4, 0.5) is 5.69 Å². The maximum atomic E-state index is 12.3. The van der Waals surface area contributed by atoms with E-state index < -0.39 is 0 Å². The number of anilines is 1. The molecule has 1 aliphatic rings. The molecular formula is C20H19N3O2S. The molecule has 6 heteroatoms. The van der Waals surface area contributed by atoms with Crippen LogP contribution in [0.3, 0.4) is 0 Å². The molecule has 0 saturated carbocycles. The number of ether oxygens (including phenoxy) is 1. The first-order valence-electron chi connectivity index (χ1n) is 8.48. The lowest BCUT2D eigenvalue weighted by Crippen LogP contribution is -2.20. The summed E-state index contributed by atoms with van der Waals surface area (Å²) in [6.07, 6.45) is 2.04. The van der Waals surface area contributed by atoms with E-state index in [-0.39, 0.29) is 12.5 Å². The van der Waals surface area contributed by atoms with E-state index in [2.05, 4.69) is 14.9 Å². The Bertz CT molecular complexity index is 913. The summed E-state index contributed by atoms with van der Waals surface area (Å²) in [6, 6.07) is 15.3. The number of hydrogen-bond donors (Lipinski definition) is 1. The number of aromatic nitrogens is 2. The van der Waals surface area contributed by atoms with Crippen LogP contribution in [0, 0.1) is 6.92 Å². The summed E-state index contributed by atoms with van der Waals surface area (Å²) in [5, 5.41) is 3.97. The molecule has 1 aliphatic heterocycles. The highest BCUT2D eigenvalue weighted by atomic mass is 32.2. The number of imidazole rings is 1. The molecule has 2 heterocycles. The molecular weight excluding hydrogens is 346 g/mol. The van der Waals surface area contributed by atoms with Gasteiger partial charge in [-0.25, -0.2) is 4.98 Å². The van der Waals surface area contributed by atoms with E-state index in [0.717, 1.165) is 40.0 Å². The van der Waals surface area contributed by atoms with Gasteiger partial charge in [0.15, 0.2) is 11.8 Å². The van der Waals surface area contributed by atoms with Gasteiger partial charge in [-0.2, -0.15) is 0 Å². The number of para-hydroxylation sites is 1. The first-order valence-corrected chi connectivity index (χ1v) is 9.46. The molecule has 0 spiro atoms. The lowest BCUT2D eigenvalue weighted by Gasteiger charge is -2.11. The highest BCUT2D eigenvalue weighted by molar-refractivity contribution is 7.99. The molecule has 1 amide bonds. The number of aryl methyl sites for hydroxylation is 2. The predicted octanol–water partition coefficient (Wildman–Crippen LogP) is 3.98. The normalized spacial score (nSPS) is 12.7. The Labute approximate surface area is 156 Å². The second-order valence-electron chi connectivity index (χ2n) is 6.15. The summed E-state index contributed by atoms with van der Waals surface area (Å²) in [5.41, 5.74) is 3.69. The quantitative estimate of drug-likeness (QED) is 0.743. The number of rotatable bonds is 5. The monoisotopic (exact) mass is 365 g/mol. The van der Waals surface area contributed by atoms with Crippen molar-refractivity contribution in [3.63, 3.8) is 0 Å². The summed E-state index contributed by atoms with van der Waals surface area (Å²) in [4.78, 5) is 17.0. The Morgan fingerprint density at radius 3 is 2.85 bits per heavy atom. The zero-order valence-electron chi connectivity index (χ0n) is 14.4. The lowest BCUT2D eigenvalue weighted by molar-refractivity contribution is -0.118. The van der Waals surface area contributed by atoms with Crippen LogP contribution in [-0.2, 0) is 11.3 Å². The Morgan fingerprint density at radius 2 is 2.04 bits per heavy atom. The minimum Gasteiger partial charge on any atom is -0.484 e. The number of carbonyl (C=O) groups is 1.